The summed E-state index contributed by atoms with van der Waals surface area (Å²) in [6.45, 7) is 9.48. The van der Waals surface area contributed by atoms with Gasteiger partial charge in [0.2, 0.25) is 0 Å². The Morgan fingerprint density at radius 1 is 1.20 bits per heavy atom. The number of rotatable bonds is 5. The average molecular weight is 272 g/mol. The van der Waals surface area contributed by atoms with Crippen LogP contribution in [0.5, 0.6) is 0 Å². The van der Waals surface area contributed by atoms with Crippen molar-refractivity contribution in [1.82, 2.24) is 10.2 Å². The van der Waals surface area contributed by atoms with Crippen LogP contribution in [0.25, 0.3) is 0 Å². The van der Waals surface area contributed by atoms with Gasteiger partial charge in [-0.15, -0.1) is 0 Å². The van der Waals surface area contributed by atoms with Gasteiger partial charge in [0.15, 0.2) is 0 Å². The lowest BCUT2D eigenvalue weighted by Crippen LogP contribution is -2.42. The summed E-state index contributed by atoms with van der Waals surface area (Å²) in [6, 6.07) is 9.87. The van der Waals surface area contributed by atoms with E-state index < -0.39 is 0 Å². The number of hydrogen-bond acceptors (Lipinski definition) is 2. The summed E-state index contributed by atoms with van der Waals surface area (Å²) >= 11 is 0. The Kier molecular flexibility index (Phi) is 4.42. The van der Waals surface area contributed by atoms with Gasteiger partial charge in [0.1, 0.15) is 0 Å². The molecule has 20 heavy (non-hydrogen) atoms. The summed E-state index contributed by atoms with van der Waals surface area (Å²) in [4.78, 5) is 2.57. The number of hydrogen-bond donors (Lipinski definition) is 1. The van der Waals surface area contributed by atoms with Crippen molar-refractivity contribution < 1.29 is 0 Å². The van der Waals surface area contributed by atoms with Crippen molar-refractivity contribution in [2.75, 3.05) is 26.2 Å². The summed E-state index contributed by atoms with van der Waals surface area (Å²) in [5.74, 6) is 1.68. The SMILES string of the molecule is CCN1CCC(CNC2CC(c3ccc(C)cc3)C2)C1. The molecule has 110 valence electrons. The van der Waals surface area contributed by atoms with Crippen LogP contribution in [0, 0.1) is 12.8 Å². The maximum Gasteiger partial charge on any atom is 0.00788 e. The summed E-state index contributed by atoms with van der Waals surface area (Å²) in [5.41, 5.74) is 2.90. The lowest BCUT2D eigenvalue weighted by Gasteiger charge is -2.37. The molecular weight excluding hydrogens is 244 g/mol. The Bertz CT molecular complexity index is 420. The molecule has 1 aromatic carbocycles. The molecule has 2 fully saturated rings. The van der Waals surface area contributed by atoms with Gasteiger partial charge in [0, 0.05) is 12.6 Å². The van der Waals surface area contributed by atoms with Crippen molar-refractivity contribution in [3.05, 3.63) is 35.4 Å². The minimum absolute atomic E-state index is 0.761. The van der Waals surface area contributed by atoms with E-state index in [4.69, 9.17) is 0 Å². The van der Waals surface area contributed by atoms with E-state index in [0.29, 0.717) is 0 Å². The molecule has 1 N–H and O–H groups in total. The zero-order valence-corrected chi connectivity index (χ0v) is 12.9. The van der Waals surface area contributed by atoms with Crippen molar-refractivity contribution in [1.29, 1.82) is 0 Å². The maximum absolute atomic E-state index is 3.79. The molecule has 2 aliphatic rings. The molecule has 0 spiro atoms. The van der Waals surface area contributed by atoms with E-state index in [1.807, 2.05) is 0 Å². The van der Waals surface area contributed by atoms with Crippen LogP contribution in [0.3, 0.4) is 0 Å². The first-order valence-electron chi connectivity index (χ1n) is 8.27. The number of nitrogens with zero attached hydrogens (tertiary/aromatic N) is 1. The fourth-order valence-corrected chi connectivity index (χ4v) is 3.60. The third kappa shape index (κ3) is 3.24. The van der Waals surface area contributed by atoms with E-state index in [-0.39, 0.29) is 0 Å². The lowest BCUT2D eigenvalue weighted by molar-refractivity contribution is 0.271. The van der Waals surface area contributed by atoms with Gasteiger partial charge in [-0.25, -0.2) is 0 Å². The molecule has 2 nitrogen and oxygen atoms in total. The third-order valence-electron chi connectivity index (χ3n) is 5.20. The summed E-state index contributed by atoms with van der Waals surface area (Å²) in [6.07, 6.45) is 4.04. The van der Waals surface area contributed by atoms with Crippen molar-refractivity contribution in [2.45, 2.75) is 45.1 Å². The Morgan fingerprint density at radius 3 is 2.60 bits per heavy atom. The molecule has 0 aromatic heterocycles. The second-order valence-corrected chi connectivity index (χ2v) is 6.73. The van der Waals surface area contributed by atoms with E-state index in [2.05, 4.69) is 48.3 Å². The van der Waals surface area contributed by atoms with Gasteiger partial charge in [-0.1, -0.05) is 36.8 Å². The third-order valence-corrected chi connectivity index (χ3v) is 5.20. The lowest BCUT2D eigenvalue weighted by atomic mass is 9.75. The topological polar surface area (TPSA) is 15.3 Å². The quantitative estimate of drug-likeness (QED) is 0.885. The molecule has 0 bridgehead atoms. The highest BCUT2D eigenvalue weighted by Crippen LogP contribution is 2.37. The molecule has 2 heteroatoms. The molecular formula is C18H28N2. The van der Waals surface area contributed by atoms with Crippen molar-refractivity contribution >= 4 is 0 Å². The van der Waals surface area contributed by atoms with Gasteiger partial charge in [0.25, 0.3) is 0 Å². The fourth-order valence-electron chi connectivity index (χ4n) is 3.60. The van der Waals surface area contributed by atoms with Crippen LogP contribution < -0.4 is 5.32 Å². The number of benzene rings is 1. The van der Waals surface area contributed by atoms with Crippen molar-refractivity contribution in [2.24, 2.45) is 5.92 Å². The molecule has 1 aliphatic carbocycles. The van der Waals surface area contributed by atoms with Gasteiger partial charge < -0.3 is 10.2 Å². The van der Waals surface area contributed by atoms with E-state index in [1.54, 1.807) is 0 Å². The zero-order valence-electron chi connectivity index (χ0n) is 12.9. The molecule has 0 amide bonds. The first-order chi connectivity index (χ1) is 9.74. The van der Waals surface area contributed by atoms with Crippen LogP contribution in [0.15, 0.2) is 24.3 Å². The normalized spacial score (nSPS) is 30.4. The van der Waals surface area contributed by atoms with Crippen LogP contribution in [0.2, 0.25) is 0 Å². The largest absolute Gasteiger partial charge is 0.314 e. The van der Waals surface area contributed by atoms with Gasteiger partial charge in [0.05, 0.1) is 0 Å². The van der Waals surface area contributed by atoms with Gasteiger partial charge in [-0.2, -0.15) is 0 Å². The Hall–Kier alpha value is -0.860. The molecule has 3 rings (SSSR count). The standard InChI is InChI=1S/C18H28N2/c1-3-20-9-8-15(13-20)12-19-18-10-17(11-18)16-6-4-14(2)5-7-16/h4-7,15,17-19H,3,8-13H2,1-2H3. The van der Waals surface area contributed by atoms with Gasteiger partial charge >= 0.3 is 0 Å². The second-order valence-electron chi connectivity index (χ2n) is 6.73. The smallest absolute Gasteiger partial charge is 0.00788 e. The monoisotopic (exact) mass is 272 g/mol. The highest BCUT2D eigenvalue weighted by atomic mass is 15.1. The van der Waals surface area contributed by atoms with Crippen LogP contribution in [-0.2, 0) is 0 Å². The van der Waals surface area contributed by atoms with Gasteiger partial charge in [-0.05, 0) is 63.2 Å². The minimum atomic E-state index is 0.761. The predicted octanol–water partition coefficient (Wildman–Crippen LogP) is 3.17. The average Bonchev–Trinajstić information content (AvgIpc) is 2.87. The Balaban J connectivity index is 1.37. The Morgan fingerprint density at radius 2 is 1.95 bits per heavy atom. The highest BCUT2D eigenvalue weighted by Gasteiger charge is 2.31. The Labute approximate surface area is 123 Å². The van der Waals surface area contributed by atoms with Crippen molar-refractivity contribution in [3.8, 4) is 0 Å². The molecule has 1 aliphatic heterocycles. The predicted molar refractivity (Wildman–Crippen MR) is 85.2 cm³/mol. The first kappa shape index (κ1) is 14.1. The fraction of sp³-hybridized carbons (Fsp3) is 0.667. The van der Waals surface area contributed by atoms with Gasteiger partial charge in [-0.3, -0.25) is 0 Å². The van der Waals surface area contributed by atoms with Crippen LogP contribution in [0.4, 0.5) is 0 Å². The molecule has 1 atom stereocenters. The molecule has 1 aromatic rings. The van der Waals surface area contributed by atoms with E-state index in [1.165, 1.54) is 56.6 Å². The van der Waals surface area contributed by atoms with E-state index in [9.17, 15) is 0 Å². The van der Waals surface area contributed by atoms with E-state index >= 15 is 0 Å². The second kappa shape index (κ2) is 6.28. The number of aryl methyl sites for hydroxylation is 1. The first-order valence-corrected chi connectivity index (χ1v) is 8.27. The summed E-state index contributed by atoms with van der Waals surface area (Å²) < 4.78 is 0. The molecule has 1 saturated carbocycles. The molecule has 0 radical (unpaired) electrons. The zero-order chi connectivity index (χ0) is 13.9. The summed E-state index contributed by atoms with van der Waals surface area (Å²) in [7, 11) is 0. The number of nitrogens with one attached hydrogen (secondary N) is 1. The minimum Gasteiger partial charge on any atom is -0.314 e. The molecule has 1 unspecified atom stereocenters. The van der Waals surface area contributed by atoms with Crippen LogP contribution in [0.1, 0.15) is 43.2 Å². The van der Waals surface area contributed by atoms with Crippen LogP contribution >= 0.6 is 0 Å². The molecule has 1 saturated heterocycles. The van der Waals surface area contributed by atoms with Crippen LogP contribution in [-0.4, -0.2) is 37.1 Å². The number of likely N-dealkylation sites (tertiary alicyclic amines) is 1. The van der Waals surface area contributed by atoms with E-state index in [0.717, 1.165) is 17.9 Å². The highest BCUT2D eigenvalue weighted by molar-refractivity contribution is 5.26. The molecule has 1 heterocycles. The maximum atomic E-state index is 3.79. The summed E-state index contributed by atoms with van der Waals surface area (Å²) in [5, 5.41) is 3.79. The van der Waals surface area contributed by atoms with Crippen molar-refractivity contribution in [3.63, 3.8) is 0 Å².